The van der Waals surface area contributed by atoms with Gasteiger partial charge < -0.3 is 10.1 Å². The molecular formula is C11H15IN2O2. The molecule has 0 saturated heterocycles. The highest BCUT2D eigenvalue weighted by Crippen LogP contribution is 2.13. The van der Waals surface area contributed by atoms with E-state index in [2.05, 4.69) is 32.9 Å². The van der Waals surface area contributed by atoms with E-state index < -0.39 is 0 Å². The summed E-state index contributed by atoms with van der Waals surface area (Å²) in [5.41, 5.74) is 0.915. The summed E-state index contributed by atoms with van der Waals surface area (Å²) in [5.74, 6) is 0.340. The van der Waals surface area contributed by atoms with Gasteiger partial charge in [0.05, 0.1) is 18.2 Å². The van der Waals surface area contributed by atoms with Crippen LogP contribution < -0.4 is 5.32 Å². The largest absolute Gasteiger partial charge is 0.384 e. The van der Waals surface area contributed by atoms with Crippen LogP contribution in [0.25, 0.3) is 0 Å². The van der Waals surface area contributed by atoms with Gasteiger partial charge in [0.25, 0.3) is 0 Å². The second-order valence-corrected chi connectivity index (χ2v) is 4.77. The molecule has 1 heterocycles. The number of carbonyl (C=O) groups is 1. The fourth-order valence-corrected chi connectivity index (χ4v) is 1.49. The maximum Gasteiger partial charge on any atom is 0.230 e. The van der Waals surface area contributed by atoms with Gasteiger partial charge in [0, 0.05) is 10.7 Å². The number of hydrogen-bond acceptors (Lipinski definition) is 3. The zero-order chi connectivity index (χ0) is 12.1. The van der Waals surface area contributed by atoms with E-state index in [-0.39, 0.29) is 11.8 Å². The van der Waals surface area contributed by atoms with Gasteiger partial charge in [0.2, 0.25) is 5.91 Å². The zero-order valence-corrected chi connectivity index (χ0v) is 11.7. The Balaban J connectivity index is 2.66. The first-order valence-electron chi connectivity index (χ1n) is 4.97. The summed E-state index contributed by atoms with van der Waals surface area (Å²) in [6, 6.07) is 3.73. The molecule has 5 heteroatoms. The Hall–Kier alpha value is -0.690. The normalized spacial score (nSPS) is 12.2. The van der Waals surface area contributed by atoms with E-state index in [9.17, 15) is 4.79 Å². The third kappa shape index (κ3) is 3.71. The lowest BCUT2D eigenvalue weighted by molar-refractivity contribution is -0.120. The number of rotatable bonds is 4. The van der Waals surface area contributed by atoms with Crippen LogP contribution in [0.3, 0.4) is 0 Å². The lowest BCUT2D eigenvalue weighted by Crippen LogP contribution is -2.24. The molecule has 1 N–H and O–H groups in total. The van der Waals surface area contributed by atoms with Gasteiger partial charge in [-0.15, -0.1) is 0 Å². The molecule has 0 saturated carbocycles. The first-order chi connectivity index (χ1) is 7.54. The number of anilines is 1. The van der Waals surface area contributed by atoms with Gasteiger partial charge in [0.1, 0.15) is 5.82 Å². The second-order valence-electron chi connectivity index (χ2n) is 3.61. The van der Waals surface area contributed by atoms with Crippen molar-refractivity contribution < 1.29 is 9.53 Å². The number of amides is 1. The molecule has 0 aliphatic heterocycles. The quantitative estimate of drug-likeness (QED) is 0.859. The van der Waals surface area contributed by atoms with Crippen molar-refractivity contribution in [3.05, 3.63) is 21.4 Å². The molecule has 1 aromatic heterocycles. The lowest BCUT2D eigenvalue weighted by atomic mass is 10.2. The van der Waals surface area contributed by atoms with Crippen molar-refractivity contribution in [1.29, 1.82) is 0 Å². The van der Waals surface area contributed by atoms with Crippen molar-refractivity contribution in [2.24, 2.45) is 5.92 Å². The molecule has 0 fully saturated rings. The number of aryl methyl sites for hydroxylation is 1. The van der Waals surface area contributed by atoms with Crippen molar-refractivity contribution in [3.63, 3.8) is 0 Å². The molecule has 0 radical (unpaired) electrons. The van der Waals surface area contributed by atoms with Crippen LogP contribution in [-0.4, -0.2) is 24.6 Å². The average Bonchev–Trinajstić information content (AvgIpc) is 2.24. The number of aromatic nitrogens is 1. The van der Waals surface area contributed by atoms with Gasteiger partial charge in [-0.25, -0.2) is 4.98 Å². The highest BCUT2D eigenvalue weighted by Gasteiger charge is 2.13. The van der Waals surface area contributed by atoms with E-state index in [0.29, 0.717) is 12.4 Å². The molecular weight excluding hydrogens is 319 g/mol. The van der Waals surface area contributed by atoms with E-state index in [1.54, 1.807) is 13.2 Å². The SMILES string of the molecule is COC[C@H](C)C(=O)Nc1ccc(I)c(C)n1. The summed E-state index contributed by atoms with van der Waals surface area (Å²) in [5, 5.41) is 2.76. The van der Waals surface area contributed by atoms with Gasteiger partial charge in [-0.05, 0) is 41.6 Å². The Morgan fingerprint density at radius 3 is 2.88 bits per heavy atom. The summed E-state index contributed by atoms with van der Waals surface area (Å²) in [4.78, 5) is 15.9. The molecule has 0 bridgehead atoms. The predicted octanol–water partition coefficient (Wildman–Crippen LogP) is 2.22. The second kappa shape index (κ2) is 6.15. The van der Waals surface area contributed by atoms with Gasteiger partial charge in [-0.1, -0.05) is 6.92 Å². The van der Waals surface area contributed by atoms with E-state index in [1.807, 2.05) is 19.9 Å². The van der Waals surface area contributed by atoms with Gasteiger partial charge in [-0.3, -0.25) is 4.79 Å². The van der Waals surface area contributed by atoms with E-state index in [0.717, 1.165) is 9.26 Å². The third-order valence-electron chi connectivity index (χ3n) is 2.14. The number of halogens is 1. The van der Waals surface area contributed by atoms with Crippen LogP contribution in [0.4, 0.5) is 5.82 Å². The van der Waals surface area contributed by atoms with Crippen LogP contribution in [0.5, 0.6) is 0 Å². The Kier molecular flexibility index (Phi) is 5.14. The van der Waals surface area contributed by atoms with Gasteiger partial charge in [0.15, 0.2) is 0 Å². The van der Waals surface area contributed by atoms with Crippen molar-refractivity contribution in [1.82, 2.24) is 4.98 Å². The highest BCUT2D eigenvalue weighted by atomic mass is 127. The van der Waals surface area contributed by atoms with Crippen molar-refractivity contribution in [2.75, 3.05) is 19.0 Å². The zero-order valence-electron chi connectivity index (χ0n) is 9.58. The monoisotopic (exact) mass is 334 g/mol. The Morgan fingerprint density at radius 2 is 2.31 bits per heavy atom. The number of methoxy groups -OCH3 is 1. The summed E-state index contributed by atoms with van der Waals surface area (Å²) in [6.45, 7) is 4.14. The lowest BCUT2D eigenvalue weighted by Gasteiger charge is -2.11. The Morgan fingerprint density at radius 1 is 1.62 bits per heavy atom. The maximum atomic E-state index is 11.7. The van der Waals surface area contributed by atoms with Crippen LogP contribution in [0.1, 0.15) is 12.6 Å². The van der Waals surface area contributed by atoms with Crippen LogP contribution in [0.15, 0.2) is 12.1 Å². The van der Waals surface area contributed by atoms with Crippen molar-refractivity contribution in [2.45, 2.75) is 13.8 Å². The molecule has 4 nitrogen and oxygen atoms in total. The van der Waals surface area contributed by atoms with Crippen LogP contribution in [0, 0.1) is 16.4 Å². The number of pyridine rings is 1. The summed E-state index contributed by atoms with van der Waals surface area (Å²) in [7, 11) is 1.58. The molecule has 0 aromatic carbocycles. The van der Waals surface area contributed by atoms with Crippen LogP contribution >= 0.6 is 22.6 Å². The average molecular weight is 334 g/mol. The van der Waals surface area contributed by atoms with E-state index >= 15 is 0 Å². The van der Waals surface area contributed by atoms with E-state index in [1.165, 1.54) is 0 Å². The van der Waals surface area contributed by atoms with Crippen LogP contribution in [-0.2, 0) is 9.53 Å². The molecule has 16 heavy (non-hydrogen) atoms. The molecule has 1 aromatic rings. The molecule has 1 atom stereocenters. The van der Waals surface area contributed by atoms with Crippen molar-refractivity contribution >= 4 is 34.3 Å². The summed E-state index contributed by atoms with van der Waals surface area (Å²) >= 11 is 2.21. The molecule has 0 aliphatic rings. The van der Waals surface area contributed by atoms with Crippen LogP contribution in [0.2, 0.25) is 0 Å². The smallest absolute Gasteiger partial charge is 0.230 e. The number of ether oxygens (including phenoxy) is 1. The summed E-state index contributed by atoms with van der Waals surface area (Å²) in [6.07, 6.45) is 0. The van der Waals surface area contributed by atoms with Crippen molar-refractivity contribution in [3.8, 4) is 0 Å². The minimum atomic E-state index is -0.175. The topological polar surface area (TPSA) is 51.2 Å². The first kappa shape index (κ1) is 13.4. The maximum absolute atomic E-state index is 11.7. The molecule has 0 unspecified atom stereocenters. The Labute approximate surface area is 109 Å². The predicted molar refractivity (Wildman–Crippen MR) is 71.4 cm³/mol. The number of nitrogens with zero attached hydrogens (tertiary/aromatic N) is 1. The standard InChI is InChI=1S/C11H15IN2O2/c1-7(6-16-3)11(15)14-10-5-4-9(12)8(2)13-10/h4-5,7H,6H2,1-3H3,(H,13,14,15)/t7-/m0/s1. The fraction of sp³-hybridized carbons (Fsp3) is 0.455. The first-order valence-corrected chi connectivity index (χ1v) is 6.05. The molecule has 0 aliphatic carbocycles. The summed E-state index contributed by atoms with van der Waals surface area (Å²) < 4.78 is 6.01. The highest BCUT2D eigenvalue weighted by molar-refractivity contribution is 14.1. The number of nitrogens with one attached hydrogen (secondary N) is 1. The van der Waals surface area contributed by atoms with Gasteiger partial charge in [-0.2, -0.15) is 0 Å². The minimum absolute atomic E-state index is 0.0741. The number of hydrogen-bond donors (Lipinski definition) is 1. The van der Waals surface area contributed by atoms with Gasteiger partial charge >= 0.3 is 0 Å². The number of carbonyl (C=O) groups excluding carboxylic acids is 1. The molecule has 1 rings (SSSR count). The minimum Gasteiger partial charge on any atom is -0.384 e. The fourth-order valence-electron chi connectivity index (χ4n) is 1.19. The Bertz CT molecular complexity index is 382. The third-order valence-corrected chi connectivity index (χ3v) is 3.28. The molecule has 88 valence electrons. The van der Waals surface area contributed by atoms with E-state index in [4.69, 9.17) is 4.74 Å². The molecule has 0 spiro atoms. The molecule has 1 amide bonds.